The Bertz CT molecular complexity index is 125. The highest BCUT2D eigenvalue weighted by atomic mass is 16.4. The van der Waals surface area contributed by atoms with Crippen LogP contribution in [0.1, 0.15) is 6.42 Å². The number of nitrogens with one attached hydrogen (secondary N) is 1. The van der Waals surface area contributed by atoms with Gasteiger partial charge in [-0.15, -0.1) is 0 Å². The van der Waals surface area contributed by atoms with Gasteiger partial charge in [0.25, 0.3) is 0 Å². The van der Waals surface area contributed by atoms with Crippen molar-refractivity contribution in [2.75, 3.05) is 6.54 Å². The van der Waals surface area contributed by atoms with E-state index in [1.807, 2.05) is 0 Å². The second-order valence-electron chi connectivity index (χ2n) is 2.13. The SMILES string of the molecule is O=C(O)C1NCC[C@@H]1O. The van der Waals surface area contributed by atoms with Crippen LogP contribution in [0, 0.1) is 0 Å². The number of aliphatic hydroxyl groups is 1. The van der Waals surface area contributed by atoms with Crippen LogP contribution in [0.25, 0.3) is 0 Å². The molecule has 0 saturated carbocycles. The van der Waals surface area contributed by atoms with Gasteiger partial charge >= 0.3 is 5.97 Å². The van der Waals surface area contributed by atoms with E-state index < -0.39 is 18.1 Å². The van der Waals surface area contributed by atoms with Gasteiger partial charge in [0.2, 0.25) is 0 Å². The summed E-state index contributed by atoms with van der Waals surface area (Å²) in [6.07, 6.45) is -0.167. The molecule has 4 heteroatoms. The molecule has 1 aliphatic rings. The van der Waals surface area contributed by atoms with Crippen molar-refractivity contribution in [2.45, 2.75) is 18.6 Å². The van der Waals surface area contributed by atoms with Crippen LogP contribution in [0.3, 0.4) is 0 Å². The molecule has 1 fully saturated rings. The van der Waals surface area contributed by atoms with E-state index >= 15 is 0 Å². The molecule has 1 saturated heterocycles. The zero-order chi connectivity index (χ0) is 6.85. The highest BCUT2D eigenvalue weighted by Gasteiger charge is 2.30. The minimum absolute atomic E-state index is 0.539. The molecule has 2 atom stereocenters. The van der Waals surface area contributed by atoms with Crippen LogP contribution in [0.5, 0.6) is 0 Å². The lowest BCUT2D eigenvalue weighted by atomic mass is 10.2. The summed E-state index contributed by atoms with van der Waals surface area (Å²) in [7, 11) is 0. The molecule has 1 unspecified atom stereocenters. The molecule has 0 aromatic rings. The molecule has 0 aromatic carbocycles. The topological polar surface area (TPSA) is 69.6 Å². The average Bonchev–Trinajstić information content (AvgIpc) is 2.13. The Hall–Kier alpha value is -0.610. The third-order valence-electron chi connectivity index (χ3n) is 1.46. The minimum atomic E-state index is -0.972. The molecule has 52 valence electrons. The van der Waals surface area contributed by atoms with Crippen LogP contribution in [-0.2, 0) is 4.79 Å². The summed E-state index contributed by atoms with van der Waals surface area (Å²) in [6.45, 7) is 0.595. The monoisotopic (exact) mass is 131 g/mol. The van der Waals surface area contributed by atoms with E-state index in [9.17, 15) is 4.79 Å². The highest BCUT2D eigenvalue weighted by molar-refractivity contribution is 5.74. The first kappa shape index (κ1) is 6.51. The average molecular weight is 131 g/mol. The number of rotatable bonds is 1. The van der Waals surface area contributed by atoms with Crippen LogP contribution in [0.4, 0.5) is 0 Å². The molecule has 0 radical (unpaired) electrons. The fourth-order valence-corrected chi connectivity index (χ4v) is 0.941. The van der Waals surface area contributed by atoms with E-state index in [0.29, 0.717) is 13.0 Å². The van der Waals surface area contributed by atoms with Crippen LogP contribution in [0.15, 0.2) is 0 Å². The van der Waals surface area contributed by atoms with E-state index in [2.05, 4.69) is 5.32 Å². The number of aliphatic carboxylic acids is 1. The standard InChI is InChI=1S/C5H9NO3/c7-3-1-2-6-4(3)5(8)9/h3-4,6-7H,1-2H2,(H,8,9)/t3-,4?/m0/s1. The lowest BCUT2D eigenvalue weighted by molar-refractivity contribution is -0.141. The highest BCUT2D eigenvalue weighted by Crippen LogP contribution is 2.05. The van der Waals surface area contributed by atoms with Crippen LogP contribution in [0.2, 0.25) is 0 Å². The van der Waals surface area contributed by atoms with Gasteiger partial charge < -0.3 is 15.5 Å². The number of carbonyl (C=O) groups is 1. The Morgan fingerprint density at radius 3 is 2.56 bits per heavy atom. The first-order chi connectivity index (χ1) is 4.22. The normalized spacial score (nSPS) is 34.8. The Morgan fingerprint density at radius 2 is 2.33 bits per heavy atom. The van der Waals surface area contributed by atoms with E-state index in [-0.39, 0.29) is 0 Å². The predicted octanol–water partition coefficient (Wildman–Crippen LogP) is -1.21. The van der Waals surface area contributed by atoms with Gasteiger partial charge in [-0.2, -0.15) is 0 Å². The van der Waals surface area contributed by atoms with Gasteiger partial charge in [-0.1, -0.05) is 0 Å². The van der Waals surface area contributed by atoms with Gasteiger partial charge in [-0.05, 0) is 13.0 Å². The summed E-state index contributed by atoms with van der Waals surface area (Å²) in [4.78, 5) is 10.2. The van der Waals surface area contributed by atoms with Crippen molar-refractivity contribution in [1.82, 2.24) is 5.32 Å². The molecule has 0 bridgehead atoms. The van der Waals surface area contributed by atoms with Crippen molar-refractivity contribution in [2.24, 2.45) is 0 Å². The molecule has 0 aromatic heterocycles. The van der Waals surface area contributed by atoms with Gasteiger partial charge in [-0.3, -0.25) is 4.79 Å². The zero-order valence-corrected chi connectivity index (χ0v) is 4.87. The van der Waals surface area contributed by atoms with Gasteiger partial charge in [0, 0.05) is 0 Å². The lowest BCUT2D eigenvalue weighted by Gasteiger charge is -2.06. The van der Waals surface area contributed by atoms with E-state index in [1.165, 1.54) is 0 Å². The van der Waals surface area contributed by atoms with E-state index in [0.717, 1.165) is 0 Å². The van der Waals surface area contributed by atoms with Crippen molar-refractivity contribution in [3.05, 3.63) is 0 Å². The Labute approximate surface area is 52.5 Å². The molecule has 0 spiro atoms. The van der Waals surface area contributed by atoms with Crippen molar-refractivity contribution < 1.29 is 15.0 Å². The van der Waals surface area contributed by atoms with E-state index in [4.69, 9.17) is 10.2 Å². The maximum absolute atomic E-state index is 10.2. The van der Waals surface area contributed by atoms with Crippen molar-refractivity contribution in [3.63, 3.8) is 0 Å². The molecule has 1 heterocycles. The molecule has 1 rings (SSSR count). The Kier molecular flexibility index (Phi) is 1.68. The predicted molar refractivity (Wildman–Crippen MR) is 30.1 cm³/mol. The third-order valence-corrected chi connectivity index (χ3v) is 1.46. The zero-order valence-electron chi connectivity index (χ0n) is 4.87. The molecule has 1 aliphatic heterocycles. The number of hydrogen-bond donors (Lipinski definition) is 3. The lowest BCUT2D eigenvalue weighted by Crippen LogP contribution is -2.38. The summed E-state index contributed by atoms with van der Waals surface area (Å²) in [6, 6.07) is -0.745. The third kappa shape index (κ3) is 1.20. The van der Waals surface area contributed by atoms with Crippen LogP contribution < -0.4 is 5.32 Å². The Morgan fingerprint density at radius 1 is 1.67 bits per heavy atom. The number of carboxylic acid groups (broad SMARTS) is 1. The Balaban J connectivity index is 2.49. The van der Waals surface area contributed by atoms with Gasteiger partial charge in [-0.25, -0.2) is 0 Å². The summed E-state index contributed by atoms with van der Waals surface area (Å²) in [5.41, 5.74) is 0. The van der Waals surface area contributed by atoms with Gasteiger partial charge in [0.1, 0.15) is 6.04 Å². The van der Waals surface area contributed by atoms with Gasteiger partial charge in [0.15, 0.2) is 0 Å². The first-order valence-corrected chi connectivity index (χ1v) is 2.86. The summed E-state index contributed by atoms with van der Waals surface area (Å²) in [5, 5.41) is 19.9. The fraction of sp³-hybridized carbons (Fsp3) is 0.800. The number of carboxylic acids is 1. The van der Waals surface area contributed by atoms with Crippen LogP contribution in [-0.4, -0.2) is 34.9 Å². The molecule has 3 N–H and O–H groups in total. The van der Waals surface area contributed by atoms with Crippen molar-refractivity contribution in [1.29, 1.82) is 0 Å². The first-order valence-electron chi connectivity index (χ1n) is 2.86. The molecule has 9 heavy (non-hydrogen) atoms. The number of aliphatic hydroxyl groups excluding tert-OH is 1. The second-order valence-corrected chi connectivity index (χ2v) is 2.13. The molecule has 0 aliphatic carbocycles. The molecular weight excluding hydrogens is 122 g/mol. The maximum atomic E-state index is 10.2. The van der Waals surface area contributed by atoms with Crippen LogP contribution >= 0.6 is 0 Å². The molecule has 0 amide bonds. The fourth-order valence-electron chi connectivity index (χ4n) is 0.941. The maximum Gasteiger partial charge on any atom is 0.323 e. The quantitative estimate of drug-likeness (QED) is 0.418. The number of hydrogen-bond acceptors (Lipinski definition) is 3. The largest absolute Gasteiger partial charge is 0.480 e. The smallest absolute Gasteiger partial charge is 0.323 e. The summed E-state index contributed by atoms with van der Waals surface area (Å²) < 4.78 is 0. The molecular formula is C5H9NO3. The summed E-state index contributed by atoms with van der Waals surface area (Å²) in [5.74, 6) is -0.972. The second kappa shape index (κ2) is 2.33. The van der Waals surface area contributed by atoms with E-state index in [1.54, 1.807) is 0 Å². The summed E-state index contributed by atoms with van der Waals surface area (Å²) >= 11 is 0. The van der Waals surface area contributed by atoms with Gasteiger partial charge in [0.05, 0.1) is 6.10 Å². The van der Waals surface area contributed by atoms with Crippen molar-refractivity contribution in [3.8, 4) is 0 Å². The molecule has 4 nitrogen and oxygen atoms in total. The minimum Gasteiger partial charge on any atom is -0.480 e. The van der Waals surface area contributed by atoms with Crippen molar-refractivity contribution >= 4 is 5.97 Å².